The van der Waals surface area contributed by atoms with Crippen LogP contribution in [0.5, 0.6) is 5.75 Å². The van der Waals surface area contributed by atoms with Gasteiger partial charge in [-0.1, -0.05) is 19.1 Å². The minimum atomic E-state index is -0.957. The van der Waals surface area contributed by atoms with E-state index in [4.69, 9.17) is 10.1 Å². The minimum Gasteiger partial charge on any atom is -0.497 e. The van der Waals surface area contributed by atoms with E-state index < -0.39 is 11.6 Å². The van der Waals surface area contributed by atoms with Gasteiger partial charge in [0.2, 0.25) is 5.78 Å². The highest BCUT2D eigenvalue weighted by Gasteiger charge is 2.23. The molecule has 1 N–H and O–H groups in total. The van der Waals surface area contributed by atoms with Gasteiger partial charge in [0.1, 0.15) is 5.75 Å². The van der Waals surface area contributed by atoms with Gasteiger partial charge in [0, 0.05) is 11.1 Å². The van der Waals surface area contributed by atoms with E-state index >= 15 is 0 Å². The van der Waals surface area contributed by atoms with Gasteiger partial charge in [-0.25, -0.2) is 8.78 Å². The zero-order chi connectivity index (χ0) is 19.6. The normalized spacial score (nSPS) is 16.1. The van der Waals surface area contributed by atoms with E-state index in [9.17, 15) is 13.6 Å². The predicted molar refractivity (Wildman–Crippen MR) is 102 cm³/mol. The Morgan fingerprint density at radius 3 is 2.52 bits per heavy atom. The summed E-state index contributed by atoms with van der Waals surface area (Å²) in [5.41, 5.74) is 2.46. The molecule has 1 aliphatic carbocycles. The molecule has 0 radical (unpaired) electrons. The zero-order valence-electron chi connectivity index (χ0n) is 15.4. The van der Waals surface area contributed by atoms with Crippen molar-refractivity contribution in [1.29, 1.82) is 5.41 Å². The van der Waals surface area contributed by atoms with Gasteiger partial charge in [0.05, 0.1) is 12.8 Å². The topological polar surface area (TPSA) is 50.1 Å². The fourth-order valence-electron chi connectivity index (χ4n) is 3.43. The minimum absolute atomic E-state index is 0.0257. The number of halogens is 2. The fourth-order valence-corrected chi connectivity index (χ4v) is 3.43. The summed E-state index contributed by atoms with van der Waals surface area (Å²) in [5, 5.41) is 7.73. The maximum atomic E-state index is 14.6. The van der Waals surface area contributed by atoms with Crippen LogP contribution in [0.3, 0.4) is 0 Å². The average Bonchev–Trinajstić information content (AvgIpc) is 2.68. The molecule has 0 amide bonds. The van der Waals surface area contributed by atoms with E-state index in [2.05, 4.69) is 0 Å². The van der Waals surface area contributed by atoms with E-state index in [0.29, 0.717) is 48.1 Å². The highest BCUT2D eigenvalue weighted by atomic mass is 19.2. The van der Waals surface area contributed by atoms with E-state index in [1.807, 2.05) is 6.92 Å². The molecule has 27 heavy (non-hydrogen) atoms. The van der Waals surface area contributed by atoms with Crippen molar-refractivity contribution < 1.29 is 18.3 Å². The van der Waals surface area contributed by atoms with Crippen LogP contribution in [0, 0.1) is 17.0 Å². The van der Waals surface area contributed by atoms with Gasteiger partial charge in [0.25, 0.3) is 0 Å². The first-order valence-corrected chi connectivity index (χ1v) is 8.94. The molecule has 3 rings (SSSR count). The first-order chi connectivity index (χ1) is 13.0. The smallest absolute Gasteiger partial charge is 0.202 e. The van der Waals surface area contributed by atoms with Crippen molar-refractivity contribution in [1.82, 2.24) is 0 Å². The Balaban J connectivity index is 2.17. The third-order valence-corrected chi connectivity index (χ3v) is 4.88. The number of hydrogen-bond acceptors (Lipinski definition) is 3. The standard InChI is InChI=1S/C22H21F2NO2/c1-3-16-17(13-7-9-15(27-2)10-8-13)12-19(23)21(24)18(16)11-14-5-4-6-20(25)22(14)26/h7-12,25H,3-6H2,1-2H3. The highest BCUT2D eigenvalue weighted by Crippen LogP contribution is 2.33. The lowest BCUT2D eigenvalue weighted by atomic mass is 9.87. The number of benzene rings is 2. The van der Waals surface area contributed by atoms with Crippen LogP contribution in [-0.4, -0.2) is 18.6 Å². The molecule has 0 spiro atoms. The highest BCUT2D eigenvalue weighted by molar-refractivity contribution is 6.46. The van der Waals surface area contributed by atoms with Crippen LogP contribution in [0.15, 0.2) is 35.9 Å². The molecule has 3 nitrogen and oxygen atoms in total. The second-order valence-electron chi connectivity index (χ2n) is 6.53. The largest absolute Gasteiger partial charge is 0.497 e. The lowest BCUT2D eigenvalue weighted by Gasteiger charge is -2.17. The number of Topliss-reactive ketones (excluding diaryl/α,β-unsaturated/α-hetero) is 1. The van der Waals surface area contributed by atoms with Crippen LogP contribution in [0.2, 0.25) is 0 Å². The number of hydrogen-bond donors (Lipinski definition) is 1. The lowest BCUT2D eigenvalue weighted by molar-refractivity contribution is -0.110. The number of carbonyl (C=O) groups excluding carboxylic acids is 1. The summed E-state index contributed by atoms with van der Waals surface area (Å²) in [7, 11) is 1.56. The molecule has 0 unspecified atom stereocenters. The molecule has 2 aromatic carbocycles. The number of ether oxygens (including phenoxy) is 1. The molecule has 0 saturated heterocycles. The predicted octanol–water partition coefficient (Wildman–Crippen LogP) is 5.36. The second kappa shape index (κ2) is 7.82. The summed E-state index contributed by atoms with van der Waals surface area (Å²) in [5.74, 6) is -1.62. The molecular weight excluding hydrogens is 348 g/mol. The number of carbonyl (C=O) groups is 1. The van der Waals surface area contributed by atoms with Crippen LogP contribution in [0.25, 0.3) is 17.2 Å². The third-order valence-electron chi connectivity index (χ3n) is 4.88. The summed E-state index contributed by atoms with van der Waals surface area (Å²) in [6.45, 7) is 1.87. The molecule has 2 aromatic rings. The summed E-state index contributed by atoms with van der Waals surface area (Å²) < 4.78 is 34.1. The Kier molecular flexibility index (Phi) is 5.49. The Hall–Kier alpha value is -2.82. The molecule has 0 aliphatic heterocycles. The average molecular weight is 369 g/mol. The van der Waals surface area contributed by atoms with Gasteiger partial charge in [-0.05, 0) is 66.6 Å². The molecule has 0 aromatic heterocycles. The number of nitrogens with one attached hydrogen (secondary N) is 1. The molecule has 0 heterocycles. The first-order valence-electron chi connectivity index (χ1n) is 8.94. The van der Waals surface area contributed by atoms with E-state index in [0.717, 1.165) is 5.56 Å². The van der Waals surface area contributed by atoms with Crippen LogP contribution < -0.4 is 4.74 Å². The summed E-state index contributed by atoms with van der Waals surface area (Å²) >= 11 is 0. The molecule has 1 fully saturated rings. The molecule has 0 atom stereocenters. The Bertz CT molecular complexity index is 930. The van der Waals surface area contributed by atoms with E-state index in [1.54, 1.807) is 31.4 Å². The molecule has 5 heteroatoms. The number of ketones is 1. The lowest BCUT2D eigenvalue weighted by Crippen LogP contribution is -2.20. The third kappa shape index (κ3) is 3.68. The molecule has 1 aliphatic rings. The van der Waals surface area contributed by atoms with Crippen LogP contribution in [-0.2, 0) is 11.2 Å². The maximum absolute atomic E-state index is 14.6. The van der Waals surface area contributed by atoms with E-state index in [1.165, 1.54) is 12.1 Å². The number of rotatable bonds is 4. The summed E-state index contributed by atoms with van der Waals surface area (Å²) in [4.78, 5) is 12.2. The van der Waals surface area contributed by atoms with Crippen LogP contribution in [0.4, 0.5) is 8.78 Å². The van der Waals surface area contributed by atoms with Crippen molar-refractivity contribution in [3.8, 4) is 16.9 Å². The Morgan fingerprint density at radius 1 is 1.19 bits per heavy atom. The van der Waals surface area contributed by atoms with Crippen LogP contribution in [0.1, 0.15) is 37.3 Å². The second-order valence-corrected chi connectivity index (χ2v) is 6.53. The number of methoxy groups -OCH3 is 1. The van der Waals surface area contributed by atoms with Gasteiger partial charge >= 0.3 is 0 Å². The Labute approximate surface area is 157 Å². The van der Waals surface area contributed by atoms with Crippen molar-refractivity contribution in [3.05, 3.63) is 58.7 Å². The van der Waals surface area contributed by atoms with Crippen molar-refractivity contribution in [2.75, 3.05) is 7.11 Å². The first kappa shape index (κ1) is 19.0. The monoisotopic (exact) mass is 369 g/mol. The van der Waals surface area contributed by atoms with Crippen molar-refractivity contribution in [3.63, 3.8) is 0 Å². The van der Waals surface area contributed by atoms with Crippen molar-refractivity contribution >= 4 is 17.6 Å². The zero-order valence-corrected chi connectivity index (χ0v) is 15.4. The quantitative estimate of drug-likeness (QED) is 0.738. The molecule has 140 valence electrons. The van der Waals surface area contributed by atoms with Gasteiger partial charge in [-0.3, -0.25) is 4.79 Å². The van der Waals surface area contributed by atoms with Gasteiger partial charge in [-0.2, -0.15) is 0 Å². The summed E-state index contributed by atoms with van der Waals surface area (Å²) in [6.07, 6.45) is 3.47. The Morgan fingerprint density at radius 2 is 1.89 bits per heavy atom. The fraction of sp³-hybridized carbons (Fsp3) is 0.273. The van der Waals surface area contributed by atoms with Crippen molar-refractivity contribution in [2.45, 2.75) is 32.6 Å². The van der Waals surface area contributed by atoms with Gasteiger partial charge < -0.3 is 10.1 Å². The molecular formula is C22H21F2NO2. The van der Waals surface area contributed by atoms with Crippen molar-refractivity contribution in [2.24, 2.45) is 0 Å². The molecule has 1 saturated carbocycles. The van der Waals surface area contributed by atoms with Crippen LogP contribution >= 0.6 is 0 Å². The summed E-state index contributed by atoms with van der Waals surface area (Å²) in [6, 6.07) is 8.31. The van der Waals surface area contributed by atoms with Gasteiger partial charge in [-0.15, -0.1) is 0 Å². The van der Waals surface area contributed by atoms with Gasteiger partial charge in [0.15, 0.2) is 11.6 Å². The molecule has 0 bridgehead atoms. The maximum Gasteiger partial charge on any atom is 0.202 e. The SMILES string of the molecule is CCc1c(-c2ccc(OC)cc2)cc(F)c(F)c1C=C1CCCC(=N)C1=O. The number of allylic oxidation sites excluding steroid dienone is 1. The van der Waals surface area contributed by atoms with E-state index in [-0.39, 0.29) is 17.1 Å².